The van der Waals surface area contributed by atoms with Gasteiger partial charge >= 0.3 is 5.97 Å². The van der Waals surface area contributed by atoms with E-state index in [9.17, 15) is 9.59 Å². The van der Waals surface area contributed by atoms with Crippen molar-refractivity contribution in [3.8, 4) is 0 Å². The number of rotatable bonds is 5. The molecule has 2 aromatic rings. The molecule has 0 aliphatic carbocycles. The Morgan fingerprint density at radius 1 is 1.29 bits per heavy atom. The highest BCUT2D eigenvalue weighted by Crippen LogP contribution is 2.26. The summed E-state index contributed by atoms with van der Waals surface area (Å²) in [6, 6.07) is 8.09. The van der Waals surface area contributed by atoms with Gasteiger partial charge in [-0.1, -0.05) is 18.2 Å². The van der Waals surface area contributed by atoms with Crippen molar-refractivity contribution in [3.05, 3.63) is 35.5 Å². The molecule has 3 rings (SSSR count). The van der Waals surface area contributed by atoms with E-state index in [0.717, 1.165) is 48.0 Å². The van der Waals surface area contributed by atoms with Gasteiger partial charge in [-0.25, -0.2) is 0 Å². The van der Waals surface area contributed by atoms with Gasteiger partial charge in [-0.05, 0) is 44.2 Å². The molecule has 0 radical (unpaired) electrons. The van der Waals surface area contributed by atoms with Gasteiger partial charge in [-0.15, -0.1) is 0 Å². The van der Waals surface area contributed by atoms with Crippen molar-refractivity contribution in [1.29, 1.82) is 0 Å². The van der Waals surface area contributed by atoms with E-state index in [2.05, 4.69) is 4.98 Å². The number of fused-ring (bicyclic) bond motifs is 1. The summed E-state index contributed by atoms with van der Waals surface area (Å²) in [5.74, 6) is -0.682. The van der Waals surface area contributed by atoms with E-state index in [-0.39, 0.29) is 18.4 Å². The average molecular weight is 328 g/mol. The number of carboxylic acid groups (broad SMARTS) is 1. The summed E-state index contributed by atoms with van der Waals surface area (Å²) in [7, 11) is 0. The monoisotopic (exact) mass is 328 g/mol. The molecule has 1 amide bonds. The van der Waals surface area contributed by atoms with Crippen LogP contribution in [0.15, 0.2) is 24.3 Å². The SMILES string of the molecule is Cc1[nH]c2ccccc2c1CC(=O)N1CCCCC1CCC(=O)O. The van der Waals surface area contributed by atoms with Crippen LogP contribution in [0, 0.1) is 6.92 Å². The summed E-state index contributed by atoms with van der Waals surface area (Å²) in [4.78, 5) is 29.0. The minimum absolute atomic E-state index is 0.0628. The molecule has 0 bridgehead atoms. The van der Waals surface area contributed by atoms with Crippen molar-refractivity contribution < 1.29 is 14.7 Å². The second-order valence-electron chi connectivity index (χ2n) is 6.62. The fourth-order valence-corrected chi connectivity index (χ4v) is 3.73. The number of carbonyl (C=O) groups excluding carboxylic acids is 1. The molecule has 5 heteroatoms. The van der Waals surface area contributed by atoms with Crippen LogP contribution in [0.3, 0.4) is 0 Å². The lowest BCUT2D eigenvalue weighted by Crippen LogP contribution is -2.44. The minimum Gasteiger partial charge on any atom is -0.481 e. The third-order valence-corrected chi connectivity index (χ3v) is 4.99. The molecule has 0 saturated carbocycles. The van der Waals surface area contributed by atoms with E-state index in [1.165, 1.54) is 0 Å². The molecule has 1 aliphatic heterocycles. The molecule has 1 aromatic carbocycles. The maximum atomic E-state index is 12.9. The lowest BCUT2D eigenvalue weighted by molar-refractivity contribution is -0.139. The summed E-state index contributed by atoms with van der Waals surface area (Å²) >= 11 is 0. The number of hydrogen-bond acceptors (Lipinski definition) is 2. The number of piperidine rings is 1. The quantitative estimate of drug-likeness (QED) is 0.885. The molecule has 1 aliphatic rings. The maximum absolute atomic E-state index is 12.9. The Bertz CT molecular complexity index is 750. The molecule has 5 nitrogen and oxygen atoms in total. The molecule has 0 spiro atoms. The first-order valence-corrected chi connectivity index (χ1v) is 8.63. The van der Waals surface area contributed by atoms with Crippen molar-refractivity contribution in [1.82, 2.24) is 9.88 Å². The topological polar surface area (TPSA) is 73.4 Å². The number of carboxylic acids is 1. The number of benzene rings is 1. The highest BCUT2D eigenvalue weighted by molar-refractivity contribution is 5.90. The Morgan fingerprint density at radius 2 is 2.08 bits per heavy atom. The summed E-state index contributed by atoms with van der Waals surface area (Å²) in [5, 5.41) is 10.0. The van der Waals surface area contributed by atoms with Crippen molar-refractivity contribution in [2.45, 2.75) is 51.5 Å². The van der Waals surface area contributed by atoms with Crippen LogP contribution in [0.1, 0.15) is 43.4 Å². The van der Waals surface area contributed by atoms with Gasteiger partial charge in [0.05, 0.1) is 6.42 Å². The second kappa shape index (κ2) is 7.07. The summed E-state index contributed by atoms with van der Waals surface area (Å²) in [6.07, 6.45) is 4.03. The zero-order chi connectivity index (χ0) is 17.1. The van der Waals surface area contributed by atoms with E-state index >= 15 is 0 Å². The molecule has 128 valence electrons. The molecule has 1 unspecified atom stereocenters. The fourth-order valence-electron chi connectivity index (χ4n) is 3.73. The number of nitrogens with one attached hydrogen (secondary N) is 1. The van der Waals surface area contributed by atoms with Gasteiger partial charge in [0.2, 0.25) is 5.91 Å². The first-order valence-electron chi connectivity index (χ1n) is 8.63. The fraction of sp³-hybridized carbons (Fsp3) is 0.474. The summed E-state index contributed by atoms with van der Waals surface area (Å²) in [6.45, 7) is 2.74. The van der Waals surface area contributed by atoms with Crippen LogP contribution in [-0.2, 0) is 16.0 Å². The van der Waals surface area contributed by atoms with Crippen molar-refractivity contribution in [2.75, 3.05) is 6.54 Å². The Morgan fingerprint density at radius 3 is 2.88 bits per heavy atom. The van der Waals surface area contributed by atoms with Crippen LogP contribution in [0.25, 0.3) is 10.9 Å². The van der Waals surface area contributed by atoms with Gasteiger partial charge in [0.25, 0.3) is 0 Å². The highest BCUT2D eigenvalue weighted by Gasteiger charge is 2.27. The lowest BCUT2D eigenvalue weighted by atomic mass is 9.96. The van der Waals surface area contributed by atoms with Gasteiger partial charge in [0.1, 0.15) is 0 Å². The highest BCUT2D eigenvalue weighted by atomic mass is 16.4. The smallest absolute Gasteiger partial charge is 0.303 e. The van der Waals surface area contributed by atoms with Crippen molar-refractivity contribution in [3.63, 3.8) is 0 Å². The zero-order valence-corrected chi connectivity index (χ0v) is 14.0. The molecular formula is C19H24N2O3. The van der Waals surface area contributed by atoms with Gasteiger partial charge < -0.3 is 15.0 Å². The summed E-state index contributed by atoms with van der Waals surface area (Å²) in [5.41, 5.74) is 3.14. The standard InChI is InChI=1S/C19H24N2O3/c1-13-16(15-7-2-3-8-17(15)20-13)12-18(22)21-11-5-4-6-14(21)9-10-19(23)24/h2-3,7-8,14,20H,4-6,9-12H2,1H3,(H,23,24). The molecule has 2 heterocycles. The number of aromatic amines is 1. The van der Waals surface area contributed by atoms with E-state index in [4.69, 9.17) is 5.11 Å². The van der Waals surface area contributed by atoms with Gasteiger partial charge in [-0.3, -0.25) is 9.59 Å². The molecule has 1 atom stereocenters. The number of carbonyl (C=O) groups is 2. The van der Waals surface area contributed by atoms with Crippen LogP contribution in [0.2, 0.25) is 0 Å². The van der Waals surface area contributed by atoms with Crippen LogP contribution in [0.4, 0.5) is 0 Å². The van der Waals surface area contributed by atoms with Crippen molar-refractivity contribution >= 4 is 22.8 Å². The van der Waals surface area contributed by atoms with Gasteiger partial charge in [0, 0.05) is 35.6 Å². The predicted molar refractivity (Wildman–Crippen MR) is 93.0 cm³/mol. The molecular weight excluding hydrogens is 304 g/mol. The third-order valence-electron chi connectivity index (χ3n) is 4.99. The van der Waals surface area contributed by atoms with E-state index < -0.39 is 5.97 Å². The maximum Gasteiger partial charge on any atom is 0.303 e. The van der Waals surface area contributed by atoms with Crippen LogP contribution in [0.5, 0.6) is 0 Å². The lowest BCUT2D eigenvalue weighted by Gasteiger charge is -2.36. The van der Waals surface area contributed by atoms with E-state index in [0.29, 0.717) is 12.8 Å². The van der Waals surface area contributed by atoms with Crippen LogP contribution < -0.4 is 0 Å². The number of aryl methyl sites for hydroxylation is 1. The van der Waals surface area contributed by atoms with Gasteiger partial charge in [-0.2, -0.15) is 0 Å². The number of H-pyrrole nitrogens is 1. The van der Waals surface area contributed by atoms with Crippen molar-refractivity contribution in [2.24, 2.45) is 0 Å². The summed E-state index contributed by atoms with van der Waals surface area (Å²) < 4.78 is 0. The minimum atomic E-state index is -0.791. The number of aromatic nitrogens is 1. The normalized spacial score (nSPS) is 18.0. The first kappa shape index (κ1) is 16.6. The Hall–Kier alpha value is -2.30. The Balaban J connectivity index is 1.76. The van der Waals surface area contributed by atoms with E-state index in [1.807, 2.05) is 36.1 Å². The number of nitrogens with zero attached hydrogens (tertiary/aromatic N) is 1. The second-order valence-corrected chi connectivity index (χ2v) is 6.62. The zero-order valence-electron chi connectivity index (χ0n) is 14.0. The van der Waals surface area contributed by atoms with Crippen LogP contribution >= 0.6 is 0 Å². The number of hydrogen-bond donors (Lipinski definition) is 2. The Labute approximate surface area is 141 Å². The number of para-hydroxylation sites is 1. The number of amides is 1. The molecule has 2 N–H and O–H groups in total. The number of aliphatic carboxylic acids is 1. The Kier molecular flexibility index (Phi) is 4.88. The van der Waals surface area contributed by atoms with E-state index in [1.54, 1.807) is 0 Å². The average Bonchev–Trinajstić information content (AvgIpc) is 2.89. The largest absolute Gasteiger partial charge is 0.481 e. The predicted octanol–water partition coefficient (Wildman–Crippen LogP) is 3.26. The molecule has 1 fully saturated rings. The van der Waals surface area contributed by atoms with Gasteiger partial charge in [0.15, 0.2) is 0 Å². The first-order chi connectivity index (χ1) is 11.6. The number of likely N-dealkylation sites (tertiary alicyclic amines) is 1. The van der Waals surface area contributed by atoms with Crippen LogP contribution in [-0.4, -0.2) is 39.5 Å². The molecule has 1 saturated heterocycles. The molecule has 24 heavy (non-hydrogen) atoms. The molecule has 1 aromatic heterocycles. The third kappa shape index (κ3) is 3.45.